The minimum Gasteiger partial charge on any atom is -0.480 e. The molecule has 3 aromatic rings. The lowest BCUT2D eigenvalue weighted by molar-refractivity contribution is -0.141. The summed E-state index contributed by atoms with van der Waals surface area (Å²) in [7, 11) is -2.52. The number of hydrogen-bond acceptors (Lipinski definition) is 9. The zero-order valence-electron chi connectivity index (χ0n) is 20.1. The highest BCUT2D eigenvalue weighted by atomic mass is 35.5. The Hall–Kier alpha value is -2.92. The first-order valence-corrected chi connectivity index (χ1v) is 13.3. The molecule has 0 bridgehead atoms. The molecule has 3 N–H and O–H groups in total. The third kappa shape index (κ3) is 5.27. The van der Waals surface area contributed by atoms with E-state index >= 15 is 0 Å². The molecule has 1 fully saturated rings. The Labute approximate surface area is 212 Å². The number of aliphatic carboxylic acids is 1. The quantitative estimate of drug-likeness (QED) is 0.340. The molecule has 12 nitrogen and oxygen atoms in total. The fourth-order valence-electron chi connectivity index (χ4n) is 4.15. The van der Waals surface area contributed by atoms with Gasteiger partial charge in [0.15, 0.2) is 11.2 Å². The zero-order chi connectivity index (χ0) is 26.0. The number of benzene rings is 1. The second kappa shape index (κ2) is 10.6. The van der Waals surface area contributed by atoms with Crippen molar-refractivity contribution in [2.75, 3.05) is 26.0 Å². The van der Waals surface area contributed by atoms with Crippen LogP contribution >= 0.6 is 19.3 Å². The van der Waals surface area contributed by atoms with Crippen LogP contribution in [0.1, 0.15) is 32.7 Å². The number of methoxy groups -OCH3 is 1. The summed E-state index contributed by atoms with van der Waals surface area (Å²) in [5.41, 5.74) is 6.91. The Morgan fingerprint density at radius 2 is 2.03 bits per heavy atom. The minimum atomic E-state index is -4.01. The second-order valence-corrected chi connectivity index (χ2v) is 10.8. The van der Waals surface area contributed by atoms with Crippen LogP contribution in [0.4, 0.5) is 5.95 Å². The highest BCUT2D eigenvalue weighted by Gasteiger charge is 2.42. The summed E-state index contributed by atoms with van der Waals surface area (Å²) >= 11 is 5.94. The molecule has 0 spiro atoms. The van der Waals surface area contributed by atoms with E-state index in [-0.39, 0.29) is 36.8 Å². The number of carbonyl (C=O) groups is 1. The molecule has 36 heavy (non-hydrogen) atoms. The van der Waals surface area contributed by atoms with Gasteiger partial charge in [-0.2, -0.15) is 14.6 Å². The van der Waals surface area contributed by atoms with Gasteiger partial charge in [0.1, 0.15) is 11.8 Å². The lowest BCUT2D eigenvalue weighted by atomic mass is 9.81. The van der Waals surface area contributed by atoms with E-state index < -0.39 is 19.8 Å². The molecule has 0 amide bonds. The minimum absolute atomic E-state index is 0.0644. The van der Waals surface area contributed by atoms with Crippen molar-refractivity contribution < 1.29 is 28.3 Å². The molecule has 0 aliphatic heterocycles. The number of halogens is 1. The standard InChI is InChI=1S/C22H28ClN6O6P/c1-4-29(13(2)21(30)31)36(32,35-17-7-5-15(23)6-8-17)34-11-14-9-16(10-14)28-12-25-18-19(28)26-22(24)27-20(18)33-3/h5-8,12-14,16H,4,9-11H2,1-3H3,(H,30,31)(H2,24,26,27). The number of fused-ring (bicyclic) bond motifs is 1. The van der Waals surface area contributed by atoms with Gasteiger partial charge in [0.05, 0.1) is 20.0 Å². The highest BCUT2D eigenvalue weighted by Crippen LogP contribution is 2.54. The lowest BCUT2D eigenvalue weighted by Gasteiger charge is -2.38. The number of imidazole rings is 1. The number of aromatic nitrogens is 4. The third-order valence-electron chi connectivity index (χ3n) is 6.16. The number of nitrogens with two attached hydrogens (primary N) is 1. The second-order valence-electron chi connectivity index (χ2n) is 8.49. The van der Waals surface area contributed by atoms with Gasteiger partial charge in [0.25, 0.3) is 0 Å². The lowest BCUT2D eigenvalue weighted by Crippen LogP contribution is -2.39. The maximum Gasteiger partial charge on any atom is 0.462 e. The Morgan fingerprint density at radius 1 is 1.33 bits per heavy atom. The normalized spacial score (nSPS) is 20.0. The van der Waals surface area contributed by atoms with E-state index in [4.69, 9.17) is 31.1 Å². The number of likely N-dealkylation sites (N-methyl/N-ethyl adjacent to an activating group) is 1. The summed E-state index contributed by atoms with van der Waals surface area (Å²) in [6, 6.07) is 5.30. The van der Waals surface area contributed by atoms with Gasteiger partial charge in [-0.05, 0) is 49.9 Å². The van der Waals surface area contributed by atoms with Crippen molar-refractivity contribution in [1.29, 1.82) is 0 Å². The van der Waals surface area contributed by atoms with Crippen molar-refractivity contribution in [2.45, 2.75) is 38.8 Å². The summed E-state index contributed by atoms with van der Waals surface area (Å²) in [5.74, 6) is -0.403. The van der Waals surface area contributed by atoms with Crippen LogP contribution < -0.4 is 15.0 Å². The van der Waals surface area contributed by atoms with Crippen LogP contribution in [0.25, 0.3) is 11.2 Å². The SMILES string of the molecule is CCN(C(C)C(=O)O)P(=O)(OCC1CC(n2cnc3c(OC)nc(N)nc32)C1)Oc1ccc(Cl)cc1. The van der Waals surface area contributed by atoms with Crippen LogP contribution in [-0.4, -0.2) is 61.6 Å². The van der Waals surface area contributed by atoms with Crippen LogP contribution in [-0.2, 0) is 13.9 Å². The van der Waals surface area contributed by atoms with Crippen LogP contribution in [0.15, 0.2) is 30.6 Å². The van der Waals surface area contributed by atoms with Gasteiger partial charge in [-0.3, -0.25) is 9.32 Å². The number of anilines is 1. The first kappa shape index (κ1) is 26.2. The number of nitrogens with zero attached hydrogens (tertiary/aromatic N) is 5. The Morgan fingerprint density at radius 3 is 2.64 bits per heavy atom. The highest BCUT2D eigenvalue weighted by molar-refractivity contribution is 7.51. The third-order valence-corrected chi connectivity index (χ3v) is 8.58. The average Bonchev–Trinajstić information content (AvgIpc) is 3.22. The Balaban J connectivity index is 1.47. The number of carboxylic acids is 1. The smallest absolute Gasteiger partial charge is 0.462 e. The molecule has 1 aromatic carbocycles. The number of rotatable bonds is 11. The Kier molecular flexibility index (Phi) is 7.70. The van der Waals surface area contributed by atoms with Crippen molar-refractivity contribution in [3.05, 3.63) is 35.6 Å². The fraction of sp³-hybridized carbons (Fsp3) is 0.455. The predicted octanol–water partition coefficient (Wildman–Crippen LogP) is 4.02. The summed E-state index contributed by atoms with van der Waals surface area (Å²) in [6.45, 7) is 3.41. The molecule has 4 rings (SSSR count). The monoisotopic (exact) mass is 538 g/mol. The zero-order valence-corrected chi connectivity index (χ0v) is 21.7. The van der Waals surface area contributed by atoms with Gasteiger partial charge in [-0.25, -0.2) is 9.55 Å². The first-order chi connectivity index (χ1) is 17.1. The number of ether oxygens (including phenoxy) is 1. The molecule has 0 radical (unpaired) electrons. The predicted molar refractivity (Wildman–Crippen MR) is 133 cm³/mol. The van der Waals surface area contributed by atoms with Crippen LogP contribution in [0.2, 0.25) is 5.02 Å². The van der Waals surface area contributed by atoms with Crippen LogP contribution in [0.5, 0.6) is 11.6 Å². The topological polar surface area (TPSA) is 155 Å². The molecule has 2 aromatic heterocycles. The Bertz CT molecular complexity index is 1280. The van der Waals surface area contributed by atoms with Gasteiger partial charge >= 0.3 is 13.7 Å². The van der Waals surface area contributed by atoms with Gasteiger partial charge in [-0.15, -0.1) is 0 Å². The summed E-state index contributed by atoms with van der Waals surface area (Å²) in [5, 5.41) is 10.0. The number of nitrogen functional groups attached to an aromatic ring is 1. The van der Waals surface area contributed by atoms with E-state index in [9.17, 15) is 14.5 Å². The molecule has 1 aliphatic carbocycles. The summed E-state index contributed by atoms with van der Waals surface area (Å²) in [6.07, 6.45) is 3.09. The summed E-state index contributed by atoms with van der Waals surface area (Å²) in [4.78, 5) is 24.4. The van der Waals surface area contributed by atoms with E-state index in [2.05, 4.69) is 15.0 Å². The van der Waals surface area contributed by atoms with Gasteiger partial charge < -0.3 is 24.7 Å². The maximum absolute atomic E-state index is 13.9. The molecular weight excluding hydrogens is 511 g/mol. The van der Waals surface area contributed by atoms with E-state index in [0.717, 1.165) is 0 Å². The fourth-order valence-corrected chi connectivity index (χ4v) is 6.24. The molecule has 194 valence electrons. The van der Waals surface area contributed by atoms with Crippen LogP contribution in [0, 0.1) is 5.92 Å². The number of hydrogen-bond donors (Lipinski definition) is 2. The van der Waals surface area contributed by atoms with E-state index in [1.54, 1.807) is 37.5 Å². The van der Waals surface area contributed by atoms with Crippen molar-refractivity contribution in [1.82, 2.24) is 24.2 Å². The largest absolute Gasteiger partial charge is 0.480 e. The molecule has 1 aliphatic rings. The molecule has 14 heteroatoms. The van der Waals surface area contributed by atoms with Crippen LogP contribution in [0.3, 0.4) is 0 Å². The molecule has 1 saturated carbocycles. The molecule has 0 saturated heterocycles. The van der Waals surface area contributed by atoms with Crippen molar-refractivity contribution in [2.24, 2.45) is 5.92 Å². The van der Waals surface area contributed by atoms with Gasteiger partial charge in [0, 0.05) is 17.6 Å². The number of carboxylic acid groups (broad SMARTS) is 1. The van der Waals surface area contributed by atoms with Gasteiger partial charge in [0.2, 0.25) is 11.8 Å². The van der Waals surface area contributed by atoms with E-state index in [1.807, 2.05) is 4.57 Å². The summed E-state index contributed by atoms with van der Waals surface area (Å²) < 4.78 is 34.0. The first-order valence-electron chi connectivity index (χ1n) is 11.4. The van der Waals surface area contributed by atoms with Crippen molar-refractivity contribution >= 4 is 42.4 Å². The average molecular weight is 539 g/mol. The van der Waals surface area contributed by atoms with E-state index in [1.165, 1.54) is 18.7 Å². The molecule has 2 heterocycles. The maximum atomic E-state index is 13.9. The molecule has 2 unspecified atom stereocenters. The van der Waals surface area contributed by atoms with Crippen molar-refractivity contribution in [3.63, 3.8) is 0 Å². The van der Waals surface area contributed by atoms with E-state index in [0.29, 0.717) is 34.9 Å². The van der Waals surface area contributed by atoms with Crippen molar-refractivity contribution in [3.8, 4) is 11.6 Å². The molecule has 2 atom stereocenters. The van der Waals surface area contributed by atoms with Gasteiger partial charge in [-0.1, -0.05) is 18.5 Å². The molecular formula is C22H28ClN6O6P.